The molecule has 0 radical (unpaired) electrons. The van der Waals surface area contributed by atoms with Gasteiger partial charge in [-0.05, 0) is 12.1 Å². The number of urea groups is 1. The Labute approximate surface area is 77.8 Å². The quantitative estimate of drug-likeness (QED) is 0.649. The van der Waals surface area contributed by atoms with Gasteiger partial charge in [0.2, 0.25) is 0 Å². The molecule has 70 valence electrons. The second-order valence-corrected chi connectivity index (χ2v) is 2.94. The van der Waals surface area contributed by atoms with Crippen LogP contribution in [-0.2, 0) is 0 Å². The van der Waals surface area contributed by atoms with Crippen LogP contribution in [0.2, 0.25) is 0 Å². The summed E-state index contributed by atoms with van der Waals surface area (Å²) in [5, 5.41) is 0. The van der Waals surface area contributed by atoms with E-state index in [0.717, 1.165) is 5.69 Å². The topological polar surface area (TPSA) is 36.4 Å². The number of pyridine rings is 1. The van der Waals surface area contributed by atoms with Crippen LogP contribution in [0.15, 0.2) is 24.5 Å². The van der Waals surface area contributed by atoms with Gasteiger partial charge >= 0.3 is 6.03 Å². The predicted molar refractivity (Wildman–Crippen MR) is 51.7 cm³/mol. The Morgan fingerprint density at radius 3 is 2.23 bits per heavy atom. The molecule has 0 fully saturated rings. The number of rotatable bonds is 1. The van der Waals surface area contributed by atoms with Crippen molar-refractivity contribution < 1.29 is 4.79 Å². The van der Waals surface area contributed by atoms with Gasteiger partial charge in [0.15, 0.2) is 0 Å². The number of anilines is 1. The van der Waals surface area contributed by atoms with Crippen LogP contribution in [0.1, 0.15) is 0 Å². The van der Waals surface area contributed by atoms with Gasteiger partial charge in [-0.15, -0.1) is 0 Å². The molecule has 1 heterocycles. The van der Waals surface area contributed by atoms with E-state index in [1.54, 1.807) is 50.6 Å². The van der Waals surface area contributed by atoms with E-state index in [-0.39, 0.29) is 6.03 Å². The maximum atomic E-state index is 11.5. The van der Waals surface area contributed by atoms with Crippen LogP contribution in [-0.4, -0.2) is 37.1 Å². The highest BCUT2D eigenvalue weighted by Gasteiger charge is 2.11. The van der Waals surface area contributed by atoms with Gasteiger partial charge in [-0.1, -0.05) is 0 Å². The van der Waals surface area contributed by atoms with Gasteiger partial charge in [0.1, 0.15) is 0 Å². The number of aromatic nitrogens is 1. The first-order chi connectivity index (χ1) is 6.13. The van der Waals surface area contributed by atoms with E-state index < -0.39 is 0 Å². The minimum atomic E-state index is -0.0498. The van der Waals surface area contributed by atoms with Gasteiger partial charge in [0, 0.05) is 39.2 Å². The highest BCUT2D eigenvalue weighted by atomic mass is 16.2. The fourth-order valence-corrected chi connectivity index (χ4v) is 0.978. The van der Waals surface area contributed by atoms with E-state index in [1.165, 1.54) is 4.90 Å². The molecule has 4 heteroatoms. The van der Waals surface area contributed by atoms with Crippen molar-refractivity contribution in [1.82, 2.24) is 9.88 Å². The molecule has 0 aliphatic carbocycles. The summed E-state index contributed by atoms with van der Waals surface area (Å²) < 4.78 is 0. The Morgan fingerprint density at radius 1 is 1.23 bits per heavy atom. The monoisotopic (exact) mass is 179 g/mol. The van der Waals surface area contributed by atoms with Gasteiger partial charge in [-0.25, -0.2) is 4.79 Å². The van der Waals surface area contributed by atoms with Crippen LogP contribution in [0.4, 0.5) is 10.5 Å². The fourth-order valence-electron chi connectivity index (χ4n) is 0.978. The zero-order valence-electron chi connectivity index (χ0n) is 8.06. The summed E-state index contributed by atoms with van der Waals surface area (Å²) in [4.78, 5) is 18.5. The fraction of sp³-hybridized carbons (Fsp3) is 0.333. The number of carbonyl (C=O) groups is 1. The summed E-state index contributed by atoms with van der Waals surface area (Å²) >= 11 is 0. The highest BCUT2D eigenvalue weighted by Crippen LogP contribution is 2.10. The maximum absolute atomic E-state index is 11.5. The molecule has 0 spiro atoms. The summed E-state index contributed by atoms with van der Waals surface area (Å²) in [5.74, 6) is 0. The highest BCUT2D eigenvalue weighted by molar-refractivity contribution is 5.90. The van der Waals surface area contributed by atoms with Crippen LogP contribution in [0, 0.1) is 0 Å². The summed E-state index contributed by atoms with van der Waals surface area (Å²) in [7, 11) is 5.18. The minimum absolute atomic E-state index is 0.0498. The number of amides is 2. The lowest BCUT2D eigenvalue weighted by Gasteiger charge is -2.21. The molecule has 0 N–H and O–H groups in total. The first kappa shape index (κ1) is 9.51. The minimum Gasteiger partial charge on any atom is -0.330 e. The van der Waals surface area contributed by atoms with Gasteiger partial charge in [0.25, 0.3) is 0 Å². The molecule has 0 aliphatic rings. The molecule has 0 atom stereocenters. The van der Waals surface area contributed by atoms with Crippen molar-refractivity contribution in [2.75, 3.05) is 26.0 Å². The van der Waals surface area contributed by atoms with Crippen molar-refractivity contribution in [3.05, 3.63) is 24.5 Å². The van der Waals surface area contributed by atoms with E-state index in [4.69, 9.17) is 0 Å². The summed E-state index contributed by atoms with van der Waals surface area (Å²) in [6.07, 6.45) is 3.32. The predicted octanol–water partition coefficient (Wildman–Crippen LogP) is 1.20. The number of hydrogen-bond acceptors (Lipinski definition) is 2. The van der Waals surface area contributed by atoms with Crippen LogP contribution in [0.25, 0.3) is 0 Å². The van der Waals surface area contributed by atoms with E-state index in [0.29, 0.717) is 0 Å². The standard InChI is InChI=1S/C9H13N3O/c1-11(2)9(13)12(3)8-4-6-10-7-5-8/h4-7H,1-3H3. The SMILES string of the molecule is CN(C)C(=O)N(C)c1ccncc1. The van der Waals surface area contributed by atoms with E-state index >= 15 is 0 Å². The summed E-state index contributed by atoms with van der Waals surface area (Å²) in [6, 6.07) is 3.54. The zero-order chi connectivity index (χ0) is 9.84. The molecule has 0 aromatic carbocycles. The molecule has 1 aromatic rings. The molecule has 0 bridgehead atoms. The molecule has 0 saturated heterocycles. The molecule has 13 heavy (non-hydrogen) atoms. The Balaban J connectivity index is 2.80. The van der Waals surface area contributed by atoms with Crippen LogP contribution < -0.4 is 4.90 Å². The molecule has 1 aromatic heterocycles. The lowest BCUT2D eigenvalue weighted by molar-refractivity contribution is 0.225. The smallest absolute Gasteiger partial charge is 0.323 e. The second-order valence-electron chi connectivity index (χ2n) is 2.94. The van der Waals surface area contributed by atoms with Gasteiger partial charge < -0.3 is 4.90 Å². The molecule has 0 aliphatic heterocycles. The Morgan fingerprint density at radius 2 is 1.77 bits per heavy atom. The molecule has 2 amide bonds. The number of nitrogens with zero attached hydrogens (tertiary/aromatic N) is 3. The third kappa shape index (κ3) is 2.18. The van der Waals surface area contributed by atoms with E-state index in [1.807, 2.05) is 0 Å². The molecule has 0 saturated carbocycles. The molecule has 1 rings (SSSR count). The van der Waals surface area contributed by atoms with Crippen molar-refractivity contribution in [1.29, 1.82) is 0 Å². The third-order valence-corrected chi connectivity index (χ3v) is 1.72. The number of hydrogen-bond donors (Lipinski definition) is 0. The molecule has 0 unspecified atom stereocenters. The lowest BCUT2D eigenvalue weighted by atomic mass is 10.4. The van der Waals surface area contributed by atoms with E-state index in [9.17, 15) is 4.79 Å². The molecular weight excluding hydrogens is 166 g/mol. The third-order valence-electron chi connectivity index (χ3n) is 1.72. The Bertz CT molecular complexity index is 284. The molecule has 4 nitrogen and oxygen atoms in total. The largest absolute Gasteiger partial charge is 0.330 e. The Kier molecular flexibility index (Phi) is 2.84. The maximum Gasteiger partial charge on any atom is 0.323 e. The normalized spacial score (nSPS) is 9.46. The van der Waals surface area contributed by atoms with Gasteiger partial charge in [-0.2, -0.15) is 0 Å². The van der Waals surface area contributed by atoms with Crippen LogP contribution >= 0.6 is 0 Å². The van der Waals surface area contributed by atoms with Crippen molar-refractivity contribution in [3.8, 4) is 0 Å². The second kappa shape index (κ2) is 3.89. The lowest BCUT2D eigenvalue weighted by Crippen LogP contribution is -2.36. The average Bonchev–Trinajstić information content (AvgIpc) is 2.17. The van der Waals surface area contributed by atoms with Crippen LogP contribution in [0.5, 0.6) is 0 Å². The van der Waals surface area contributed by atoms with Crippen molar-refractivity contribution in [3.63, 3.8) is 0 Å². The average molecular weight is 179 g/mol. The van der Waals surface area contributed by atoms with Crippen molar-refractivity contribution in [2.45, 2.75) is 0 Å². The van der Waals surface area contributed by atoms with Gasteiger partial charge in [-0.3, -0.25) is 9.88 Å². The summed E-state index contributed by atoms with van der Waals surface area (Å²) in [5.41, 5.74) is 0.841. The summed E-state index contributed by atoms with van der Waals surface area (Å²) in [6.45, 7) is 0. The van der Waals surface area contributed by atoms with Crippen LogP contribution in [0.3, 0.4) is 0 Å². The first-order valence-corrected chi connectivity index (χ1v) is 3.98. The zero-order valence-corrected chi connectivity index (χ0v) is 8.06. The van der Waals surface area contributed by atoms with Crippen molar-refractivity contribution >= 4 is 11.7 Å². The van der Waals surface area contributed by atoms with Crippen molar-refractivity contribution in [2.24, 2.45) is 0 Å². The van der Waals surface area contributed by atoms with Gasteiger partial charge in [0.05, 0.1) is 0 Å². The first-order valence-electron chi connectivity index (χ1n) is 3.98. The Hall–Kier alpha value is -1.58. The molecular formula is C9H13N3O. The number of carbonyl (C=O) groups excluding carboxylic acids is 1. The van der Waals surface area contributed by atoms with E-state index in [2.05, 4.69) is 4.98 Å².